The molecule has 0 fully saturated rings. The first kappa shape index (κ1) is 15.0. The monoisotopic (exact) mass is 324 g/mol. The summed E-state index contributed by atoms with van der Waals surface area (Å²) in [7, 11) is 3.52. The van der Waals surface area contributed by atoms with Crippen LogP contribution in [0.25, 0.3) is 11.4 Å². The summed E-state index contributed by atoms with van der Waals surface area (Å²) < 4.78 is 7.03. The van der Waals surface area contributed by atoms with Crippen molar-refractivity contribution in [3.63, 3.8) is 0 Å². The first-order valence-corrected chi connectivity index (χ1v) is 7.48. The topological polar surface area (TPSA) is 89.5 Å². The van der Waals surface area contributed by atoms with Crippen LogP contribution in [0.5, 0.6) is 5.75 Å². The molecule has 3 rings (SSSR count). The average molecular weight is 324 g/mol. The molecule has 0 aliphatic carbocycles. The van der Waals surface area contributed by atoms with Gasteiger partial charge >= 0.3 is 0 Å². The fourth-order valence-electron chi connectivity index (χ4n) is 1.92. The van der Waals surface area contributed by atoms with Gasteiger partial charge in [-0.25, -0.2) is 0 Å². The predicted molar refractivity (Wildman–Crippen MR) is 83.9 cm³/mol. The minimum Gasteiger partial charge on any atom is -0.497 e. The zero-order valence-corrected chi connectivity index (χ0v) is 13.3. The molecule has 23 heavy (non-hydrogen) atoms. The summed E-state index contributed by atoms with van der Waals surface area (Å²) in [5.41, 5.74) is 1.23. The zero-order chi connectivity index (χ0) is 16.2. The Hall–Kier alpha value is -2.92. The van der Waals surface area contributed by atoms with E-state index in [1.165, 1.54) is 11.8 Å². The standard InChI is InChI=1S/C15H12N6OS/c1-21-14(10-3-6-12(22-2)7-4-10)19-20-15(21)23-13-8-5-11(9-16)17-18-13/h3-8H,1-2H3. The third kappa shape index (κ3) is 3.14. The molecule has 8 heteroatoms. The smallest absolute Gasteiger partial charge is 0.197 e. The van der Waals surface area contributed by atoms with Gasteiger partial charge in [-0.05, 0) is 48.2 Å². The fraction of sp³-hybridized carbons (Fsp3) is 0.133. The lowest BCUT2D eigenvalue weighted by Crippen LogP contribution is -1.96. The van der Waals surface area contributed by atoms with Gasteiger partial charge in [0.25, 0.3) is 0 Å². The number of nitrogens with zero attached hydrogens (tertiary/aromatic N) is 6. The van der Waals surface area contributed by atoms with Gasteiger partial charge in [-0.2, -0.15) is 5.26 Å². The Morgan fingerprint density at radius 1 is 1.04 bits per heavy atom. The lowest BCUT2D eigenvalue weighted by atomic mass is 10.2. The summed E-state index contributed by atoms with van der Waals surface area (Å²) in [6.45, 7) is 0. The summed E-state index contributed by atoms with van der Waals surface area (Å²) in [5.74, 6) is 1.54. The second-order valence-corrected chi connectivity index (χ2v) is 5.55. The van der Waals surface area contributed by atoms with Gasteiger partial charge in [-0.1, -0.05) is 0 Å². The number of hydrogen-bond donors (Lipinski definition) is 0. The van der Waals surface area contributed by atoms with Crippen LogP contribution in [0.15, 0.2) is 46.6 Å². The Morgan fingerprint density at radius 2 is 1.83 bits per heavy atom. The van der Waals surface area contributed by atoms with Crippen molar-refractivity contribution in [1.82, 2.24) is 25.0 Å². The van der Waals surface area contributed by atoms with Gasteiger partial charge in [0.15, 0.2) is 16.7 Å². The van der Waals surface area contributed by atoms with Crippen molar-refractivity contribution in [3.8, 4) is 23.2 Å². The van der Waals surface area contributed by atoms with E-state index in [-0.39, 0.29) is 5.69 Å². The molecule has 0 saturated carbocycles. The van der Waals surface area contributed by atoms with Crippen molar-refractivity contribution >= 4 is 11.8 Å². The van der Waals surface area contributed by atoms with Gasteiger partial charge in [-0.15, -0.1) is 20.4 Å². The summed E-state index contributed by atoms with van der Waals surface area (Å²) in [6, 6.07) is 12.9. The lowest BCUT2D eigenvalue weighted by Gasteiger charge is -2.04. The summed E-state index contributed by atoms with van der Waals surface area (Å²) in [6.07, 6.45) is 0. The van der Waals surface area contributed by atoms with Crippen LogP contribution < -0.4 is 4.74 Å². The number of rotatable bonds is 4. The number of benzene rings is 1. The highest BCUT2D eigenvalue weighted by Gasteiger charge is 2.13. The van der Waals surface area contributed by atoms with E-state index < -0.39 is 0 Å². The summed E-state index contributed by atoms with van der Waals surface area (Å²) in [4.78, 5) is 0. The highest BCUT2D eigenvalue weighted by Crippen LogP contribution is 2.27. The van der Waals surface area contributed by atoms with E-state index in [4.69, 9.17) is 10.00 Å². The van der Waals surface area contributed by atoms with Crippen molar-refractivity contribution in [1.29, 1.82) is 5.26 Å². The van der Waals surface area contributed by atoms with Gasteiger partial charge in [0.05, 0.1) is 7.11 Å². The number of ether oxygens (including phenoxy) is 1. The third-order valence-corrected chi connectivity index (χ3v) is 4.10. The van der Waals surface area contributed by atoms with Gasteiger partial charge in [0.2, 0.25) is 0 Å². The van der Waals surface area contributed by atoms with Crippen LogP contribution >= 0.6 is 11.8 Å². The summed E-state index contributed by atoms with van der Waals surface area (Å²) in [5, 5.41) is 26.3. The maximum atomic E-state index is 8.73. The molecule has 0 bridgehead atoms. The van der Waals surface area contributed by atoms with Crippen molar-refractivity contribution in [2.75, 3.05) is 7.11 Å². The minimum atomic E-state index is 0.284. The van der Waals surface area contributed by atoms with Crippen molar-refractivity contribution in [2.45, 2.75) is 10.2 Å². The third-order valence-electron chi connectivity index (χ3n) is 3.13. The molecule has 2 heterocycles. The molecule has 0 aliphatic heterocycles. The first-order valence-electron chi connectivity index (χ1n) is 6.67. The van der Waals surface area contributed by atoms with Crippen LogP contribution in [0.2, 0.25) is 0 Å². The average Bonchev–Trinajstić information content (AvgIpc) is 2.96. The van der Waals surface area contributed by atoms with Crippen molar-refractivity contribution in [3.05, 3.63) is 42.1 Å². The van der Waals surface area contributed by atoms with Crippen molar-refractivity contribution < 1.29 is 4.74 Å². The molecule has 0 aliphatic rings. The second kappa shape index (κ2) is 6.46. The van der Waals surface area contributed by atoms with E-state index in [9.17, 15) is 0 Å². The summed E-state index contributed by atoms with van der Waals surface area (Å²) >= 11 is 1.34. The van der Waals surface area contributed by atoms with Gasteiger partial charge in [-0.3, -0.25) is 0 Å². The van der Waals surface area contributed by atoms with E-state index in [0.29, 0.717) is 10.2 Å². The van der Waals surface area contributed by atoms with Crippen LogP contribution in [0.4, 0.5) is 0 Å². The molecule has 0 amide bonds. The van der Waals surface area contributed by atoms with E-state index in [1.54, 1.807) is 19.2 Å². The second-order valence-electron chi connectivity index (χ2n) is 4.56. The number of hydrogen-bond acceptors (Lipinski definition) is 7. The Labute approximate surface area is 137 Å². The van der Waals surface area contributed by atoms with Gasteiger partial charge < -0.3 is 9.30 Å². The Bertz CT molecular complexity index is 851. The molecular weight excluding hydrogens is 312 g/mol. The minimum absolute atomic E-state index is 0.284. The lowest BCUT2D eigenvalue weighted by molar-refractivity contribution is 0.415. The van der Waals surface area contributed by atoms with Crippen molar-refractivity contribution in [2.24, 2.45) is 7.05 Å². The molecule has 3 aromatic rings. The maximum Gasteiger partial charge on any atom is 0.197 e. The molecule has 0 atom stereocenters. The van der Waals surface area contributed by atoms with E-state index in [0.717, 1.165) is 17.1 Å². The fourth-order valence-corrected chi connectivity index (χ4v) is 2.63. The van der Waals surface area contributed by atoms with Crippen LogP contribution in [0.3, 0.4) is 0 Å². The number of aromatic nitrogens is 5. The quantitative estimate of drug-likeness (QED) is 0.727. The molecule has 0 N–H and O–H groups in total. The normalized spacial score (nSPS) is 10.3. The molecule has 1 aromatic carbocycles. The Morgan fingerprint density at radius 3 is 2.43 bits per heavy atom. The predicted octanol–water partition coefficient (Wildman–Crippen LogP) is 2.30. The first-order chi connectivity index (χ1) is 11.2. The largest absolute Gasteiger partial charge is 0.497 e. The molecule has 0 radical (unpaired) electrons. The molecule has 2 aromatic heterocycles. The molecular formula is C15H12N6OS. The maximum absolute atomic E-state index is 8.73. The highest BCUT2D eigenvalue weighted by atomic mass is 32.2. The van der Waals surface area contributed by atoms with E-state index in [1.807, 2.05) is 41.9 Å². The molecule has 0 spiro atoms. The van der Waals surface area contributed by atoms with Gasteiger partial charge in [0, 0.05) is 12.6 Å². The number of nitriles is 1. The molecule has 7 nitrogen and oxygen atoms in total. The molecule has 114 valence electrons. The molecule has 0 saturated heterocycles. The number of methoxy groups -OCH3 is 1. The van der Waals surface area contributed by atoms with Crippen LogP contribution in [-0.4, -0.2) is 32.1 Å². The van der Waals surface area contributed by atoms with E-state index in [2.05, 4.69) is 20.4 Å². The van der Waals surface area contributed by atoms with E-state index >= 15 is 0 Å². The Balaban J connectivity index is 1.84. The van der Waals surface area contributed by atoms with Gasteiger partial charge in [0.1, 0.15) is 16.8 Å². The van der Waals surface area contributed by atoms with Crippen LogP contribution in [0, 0.1) is 11.3 Å². The van der Waals surface area contributed by atoms with Crippen LogP contribution in [-0.2, 0) is 7.05 Å². The SMILES string of the molecule is COc1ccc(-c2nnc(Sc3ccc(C#N)nn3)n2C)cc1. The Kier molecular flexibility index (Phi) is 4.21. The molecule has 0 unspecified atom stereocenters. The van der Waals surface area contributed by atoms with Crippen LogP contribution in [0.1, 0.15) is 5.69 Å². The zero-order valence-electron chi connectivity index (χ0n) is 12.5. The highest BCUT2D eigenvalue weighted by molar-refractivity contribution is 7.99.